The summed E-state index contributed by atoms with van der Waals surface area (Å²) in [4.78, 5) is 26.4. The lowest BCUT2D eigenvalue weighted by molar-refractivity contribution is -0.125. The monoisotopic (exact) mass is 405 g/mol. The van der Waals surface area contributed by atoms with Crippen molar-refractivity contribution in [3.63, 3.8) is 0 Å². The summed E-state index contributed by atoms with van der Waals surface area (Å²) in [5.41, 5.74) is 0.686. The largest absolute Gasteiger partial charge is 0.490 e. The van der Waals surface area contributed by atoms with Crippen LogP contribution in [0.5, 0.6) is 11.5 Å². The topological polar surface area (TPSA) is 79.9 Å². The molecule has 1 aromatic carbocycles. The summed E-state index contributed by atoms with van der Waals surface area (Å²) in [5, 5.41) is 6.00. The number of ether oxygens (including phenoxy) is 2. The van der Waals surface area contributed by atoms with Crippen LogP contribution in [0, 0.1) is 5.92 Å². The van der Waals surface area contributed by atoms with Gasteiger partial charge in [0.15, 0.2) is 11.5 Å². The molecule has 7 nitrogen and oxygen atoms in total. The van der Waals surface area contributed by atoms with Crippen LogP contribution in [0.1, 0.15) is 52.6 Å². The molecule has 1 aliphatic rings. The molecule has 1 aromatic rings. The van der Waals surface area contributed by atoms with Crippen LogP contribution in [-0.4, -0.2) is 55.6 Å². The van der Waals surface area contributed by atoms with Crippen molar-refractivity contribution in [2.45, 2.75) is 52.6 Å². The van der Waals surface area contributed by atoms with Crippen molar-refractivity contribution in [3.8, 4) is 11.5 Å². The van der Waals surface area contributed by atoms with Crippen molar-refractivity contribution in [3.05, 3.63) is 23.8 Å². The van der Waals surface area contributed by atoms with Gasteiger partial charge in [-0.2, -0.15) is 0 Å². The molecule has 0 fully saturated rings. The average Bonchev–Trinajstić information content (AvgIpc) is 2.82. The van der Waals surface area contributed by atoms with E-state index in [1.54, 1.807) is 11.9 Å². The minimum Gasteiger partial charge on any atom is -0.490 e. The Morgan fingerprint density at radius 1 is 1.07 bits per heavy atom. The minimum absolute atomic E-state index is 0.101. The van der Waals surface area contributed by atoms with Gasteiger partial charge in [0, 0.05) is 12.0 Å². The van der Waals surface area contributed by atoms with Crippen molar-refractivity contribution < 1.29 is 19.1 Å². The molecule has 0 saturated carbocycles. The van der Waals surface area contributed by atoms with Gasteiger partial charge in [-0.15, -0.1) is 0 Å². The Kier molecular flexibility index (Phi) is 7.90. The second kappa shape index (κ2) is 9.96. The maximum Gasteiger partial charge on any atom is 0.234 e. The summed E-state index contributed by atoms with van der Waals surface area (Å²) in [5.74, 6) is 1.43. The predicted octanol–water partition coefficient (Wildman–Crippen LogP) is 2.51. The predicted molar refractivity (Wildman–Crippen MR) is 113 cm³/mol. The van der Waals surface area contributed by atoms with Gasteiger partial charge in [-0.3, -0.25) is 14.5 Å². The fraction of sp³-hybridized carbons (Fsp3) is 0.636. The molecule has 2 amide bonds. The molecule has 2 rings (SSSR count). The summed E-state index contributed by atoms with van der Waals surface area (Å²) in [6.07, 6.45) is 0.851. The molecule has 29 heavy (non-hydrogen) atoms. The smallest absolute Gasteiger partial charge is 0.234 e. The van der Waals surface area contributed by atoms with Gasteiger partial charge >= 0.3 is 0 Å². The minimum atomic E-state index is -0.292. The molecule has 1 heterocycles. The Morgan fingerprint density at radius 3 is 2.31 bits per heavy atom. The van der Waals surface area contributed by atoms with Crippen molar-refractivity contribution in [1.29, 1.82) is 0 Å². The number of rotatable bonds is 7. The second-order valence-electron chi connectivity index (χ2n) is 9.02. The Labute approximate surface area is 174 Å². The fourth-order valence-corrected chi connectivity index (χ4v) is 3.23. The lowest BCUT2D eigenvalue weighted by Crippen LogP contribution is -2.47. The number of nitrogens with one attached hydrogen (secondary N) is 2. The van der Waals surface area contributed by atoms with Crippen LogP contribution in [0.3, 0.4) is 0 Å². The van der Waals surface area contributed by atoms with Crippen molar-refractivity contribution >= 4 is 11.8 Å². The highest BCUT2D eigenvalue weighted by Crippen LogP contribution is 2.34. The van der Waals surface area contributed by atoms with Crippen LogP contribution in [0.2, 0.25) is 0 Å². The Bertz CT molecular complexity index is 712. The quantitative estimate of drug-likeness (QED) is 0.729. The van der Waals surface area contributed by atoms with Gasteiger partial charge in [-0.1, -0.05) is 19.9 Å². The first-order chi connectivity index (χ1) is 13.5. The molecule has 0 radical (unpaired) electrons. The van der Waals surface area contributed by atoms with Crippen molar-refractivity contribution in [2.24, 2.45) is 5.92 Å². The highest BCUT2D eigenvalue weighted by molar-refractivity contribution is 5.81. The molecule has 2 N–H and O–H groups in total. The number of carbonyl (C=O) groups excluding carboxylic acids is 2. The van der Waals surface area contributed by atoms with Gasteiger partial charge in [0.25, 0.3) is 0 Å². The van der Waals surface area contributed by atoms with Crippen LogP contribution >= 0.6 is 0 Å². The van der Waals surface area contributed by atoms with Crippen LogP contribution in [0.4, 0.5) is 0 Å². The number of carbonyl (C=O) groups is 2. The van der Waals surface area contributed by atoms with E-state index in [1.807, 2.05) is 39.0 Å². The van der Waals surface area contributed by atoms with E-state index in [0.29, 0.717) is 13.2 Å². The Hall–Kier alpha value is -2.28. The lowest BCUT2D eigenvalue weighted by Gasteiger charge is -2.26. The molecule has 7 heteroatoms. The third-order valence-electron chi connectivity index (χ3n) is 4.46. The Balaban J connectivity index is 1.99. The SMILES string of the molecule is CC(C)[C@H](NC(=O)CN(C)CC(=O)NC(C)(C)C)c1ccc2c(c1)OCCCO2. The van der Waals surface area contributed by atoms with E-state index in [1.165, 1.54) is 0 Å². The zero-order valence-electron chi connectivity index (χ0n) is 18.5. The summed E-state index contributed by atoms with van der Waals surface area (Å²) in [6, 6.07) is 5.67. The van der Waals surface area contributed by atoms with E-state index in [2.05, 4.69) is 24.5 Å². The number of hydrogen-bond donors (Lipinski definition) is 2. The van der Waals surface area contributed by atoms with Crippen molar-refractivity contribution in [2.75, 3.05) is 33.4 Å². The maximum atomic E-state index is 12.6. The highest BCUT2D eigenvalue weighted by atomic mass is 16.5. The summed E-state index contributed by atoms with van der Waals surface area (Å²) >= 11 is 0. The molecular formula is C22H35N3O4. The molecular weight excluding hydrogens is 370 g/mol. The summed E-state index contributed by atoms with van der Waals surface area (Å²) in [6.45, 7) is 11.5. The van der Waals surface area contributed by atoms with Gasteiger partial charge < -0.3 is 20.1 Å². The van der Waals surface area contributed by atoms with E-state index in [9.17, 15) is 9.59 Å². The summed E-state index contributed by atoms with van der Waals surface area (Å²) in [7, 11) is 1.76. The molecule has 162 valence electrons. The number of hydrogen-bond acceptors (Lipinski definition) is 5. The molecule has 0 aromatic heterocycles. The molecule has 0 saturated heterocycles. The molecule has 0 bridgehead atoms. The summed E-state index contributed by atoms with van der Waals surface area (Å²) < 4.78 is 11.5. The van der Waals surface area contributed by atoms with Gasteiger partial charge in [-0.25, -0.2) is 0 Å². The zero-order chi connectivity index (χ0) is 21.6. The van der Waals surface area contributed by atoms with Gasteiger partial charge in [0.1, 0.15) is 0 Å². The lowest BCUT2D eigenvalue weighted by atomic mass is 9.95. The van der Waals surface area contributed by atoms with E-state index in [4.69, 9.17) is 9.47 Å². The van der Waals surface area contributed by atoms with E-state index in [-0.39, 0.29) is 42.4 Å². The van der Waals surface area contributed by atoms with E-state index >= 15 is 0 Å². The zero-order valence-corrected chi connectivity index (χ0v) is 18.5. The third-order valence-corrected chi connectivity index (χ3v) is 4.46. The van der Waals surface area contributed by atoms with Gasteiger partial charge in [-0.05, 0) is 51.4 Å². The first-order valence-corrected chi connectivity index (χ1v) is 10.2. The normalized spacial score (nSPS) is 15.0. The third kappa shape index (κ3) is 7.57. The highest BCUT2D eigenvalue weighted by Gasteiger charge is 2.22. The first-order valence-electron chi connectivity index (χ1n) is 10.2. The molecule has 1 atom stereocenters. The fourth-order valence-electron chi connectivity index (χ4n) is 3.23. The van der Waals surface area contributed by atoms with Crippen LogP contribution < -0.4 is 20.1 Å². The maximum absolute atomic E-state index is 12.6. The first kappa shape index (κ1) is 23.0. The van der Waals surface area contributed by atoms with Crippen LogP contribution in [0.25, 0.3) is 0 Å². The number of likely N-dealkylation sites (N-methyl/N-ethyl adjacent to an activating group) is 1. The Morgan fingerprint density at radius 2 is 1.69 bits per heavy atom. The molecule has 0 unspecified atom stereocenters. The van der Waals surface area contributed by atoms with Crippen LogP contribution in [-0.2, 0) is 9.59 Å². The van der Waals surface area contributed by atoms with E-state index in [0.717, 1.165) is 23.5 Å². The number of benzene rings is 1. The average molecular weight is 406 g/mol. The molecule has 1 aliphatic heterocycles. The standard InChI is InChI=1S/C22H35N3O4/c1-15(2)21(16-8-9-17-18(12-16)29-11-7-10-28-17)23-19(26)13-25(6)14-20(27)24-22(3,4)5/h8-9,12,15,21H,7,10-11,13-14H2,1-6H3,(H,23,26)(H,24,27)/t21-/m0/s1. The number of amides is 2. The van der Waals surface area contributed by atoms with Gasteiger partial charge in [0.05, 0.1) is 32.3 Å². The van der Waals surface area contributed by atoms with Crippen molar-refractivity contribution in [1.82, 2.24) is 15.5 Å². The van der Waals surface area contributed by atoms with Crippen LogP contribution in [0.15, 0.2) is 18.2 Å². The van der Waals surface area contributed by atoms with E-state index < -0.39 is 0 Å². The van der Waals surface area contributed by atoms with Gasteiger partial charge in [0.2, 0.25) is 11.8 Å². The number of fused-ring (bicyclic) bond motifs is 1. The number of nitrogens with zero attached hydrogens (tertiary/aromatic N) is 1. The second-order valence-corrected chi connectivity index (χ2v) is 9.02. The molecule has 0 aliphatic carbocycles. The molecule has 0 spiro atoms.